The van der Waals surface area contributed by atoms with E-state index in [0.29, 0.717) is 17.7 Å². The average molecular weight is 525 g/mol. The summed E-state index contributed by atoms with van der Waals surface area (Å²) in [5.41, 5.74) is 1.75. The molecular formula is C22H29FIN5O. The molecule has 0 saturated carbocycles. The van der Waals surface area contributed by atoms with Gasteiger partial charge >= 0.3 is 0 Å². The van der Waals surface area contributed by atoms with E-state index >= 15 is 0 Å². The quantitative estimate of drug-likeness (QED) is 0.295. The van der Waals surface area contributed by atoms with Gasteiger partial charge in [-0.15, -0.1) is 24.0 Å². The number of carbonyl (C=O) groups excluding carboxylic acids is 1. The number of hydrogen-bond donors (Lipinski definition) is 3. The second-order valence-electron chi connectivity index (χ2n) is 7.12. The molecule has 1 aliphatic heterocycles. The second-order valence-corrected chi connectivity index (χ2v) is 7.12. The Morgan fingerprint density at radius 1 is 1.17 bits per heavy atom. The first kappa shape index (κ1) is 24.1. The minimum Gasteiger partial charge on any atom is -0.355 e. The lowest BCUT2D eigenvalue weighted by Gasteiger charge is -2.25. The van der Waals surface area contributed by atoms with Gasteiger partial charge < -0.3 is 16.0 Å². The molecule has 1 atom stereocenters. The van der Waals surface area contributed by atoms with E-state index in [-0.39, 0.29) is 42.2 Å². The van der Waals surface area contributed by atoms with Gasteiger partial charge in [-0.2, -0.15) is 0 Å². The van der Waals surface area contributed by atoms with Crippen LogP contribution in [0.1, 0.15) is 18.4 Å². The lowest BCUT2D eigenvalue weighted by Crippen LogP contribution is -2.46. The fourth-order valence-corrected chi connectivity index (χ4v) is 3.52. The molecule has 3 N–H and O–H groups in total. The van der Waals surface area contributed by atoms with E-state index < -0.39 is 0 Å². The third kappa shape index (κ3) is 7.56. The highest BCUT2D eigenvalue weighted by molar-refractivity contribution is 14.0. The Balaban J connectivity index is 0.00000320. The van der Waals surface area contributed by atoms with Gasteiger partial charge in [0.1, 0.15) is 5.82 Å². The van der Waals surface area contributed by atoms with Gasteiger partial charge in [0.15, 0.2) is 5.96 Å². The maximum atomic E-state index is 13.2. The highest BCUT2D eigenvalue weighted by Gasteiger charge is 2.24. The first-order chi connectivity index (χ1) is 14.1. The van der Waals surface area contributed by atoms with Gasteiger partial charge in [-0.3, -0.25) is 14.7 Å². The van der Waals surface area contributed by atoms with E-state index in [2.05, 4.69) is 50.1 Å². The maximum Gasteiger partial charge on any atom is 0.243 e. The molecule has 1 saturated heterocycles. The smallest absolute Gasteiger partial charge is 0.243 e. The topological polar surface area (TPSA) is 68.8 Å². The Morgan fingerprint density at radius 3 is 2.70 bits per heavy atom. The molecule has 8 heteroatoms. The highest BCUT2D eigenvalue weighted by Crippen LogP contribution is 2.19. The Kier molecular flexibility index (Phi) is 10.0. The summed E-state index contributed by atoms with van der Waals surface area (Å²) in [6.07, 6.45) is 2.32. The monoisotopic (exact) mass is 525 g/mol. The fraction of sp³-hybridized carbons (Fsp3) is 0.364. The third-order valence-corrected chi connectivity index (χ3v) is 4.98. The fourth-order valence-electron chi connectivity index (χ4n) is 3.52. The van der Waals surface area contributed by atoms with E-state index in [9.17, 15) is 9.18 Å². The van der Waals surface area contributed by atoms with Gasteiger partial charge in [-0.05, 0) is 43.1 Å². The van der Waals surface area contributed by atoms with Crippen molar-refractivity contribution in [3.63, 3.8) is 0 Å². The molecule has 1 unspecified atom stereocenters. The zero-order valence-corrected chi connectivity index (χ0v) is 19.4. The molecule has 162 valence electrons. The third-order valence-electron chi connectivity index (χ3n) is 4.98. The van der Waals surface area contributed by atoms with Crippen molar-refractivity contribution in [2.24, 2.45) is 4.99 Å². The summed E-state index contributed by atoms with van der Waals surface area (Å²) in [5, 5.41) is 8.98. The van der Waals surface area contributed by atoms with Crippen LogP contribution in [-0.2, 0) is 11.3 Å². The van der Waals surface area contributed by atoms with Gasteiger partial charge in [-0.25, -0.2) is 4.39 Å². The number of carbonyl (C=O) groups is 1. The number of likely N-dealkylation sites (tertiary alicyclic amines) is 1. The van der Waals surface area contributed by atoms with Crippen LogP contribution in [0.2, 0.25) is 0 Å². The summed E-state index contributed by atoms with van der Waals surface area (Å²) < 4.78 is 13.2. The standard InChI is InChI=1S/C22H28FN5O.HI/c1-24-22(26-15-21(29)27-19-10-5-9-18(23)13-19)25-14-20-11-6-12-28(20)16-17-7-3-2-4-8-17;/h2-5,7-10,13,20H,6,11-12,14-16H2,1H3,(H,27,29)(H2,24,25,26);1H. The lowest BCUT2D eigenvalue weighted by atomic mass is 10.2. The largest absolute Gasteiger partial charge is 0.355 e. The Hall–Kier alpha value is -2.20. The van der Waals surface area contributed by atoms with Gasteiger partial charge in [-0.1, -0.05) is 36.4 Å². The van der Waals surface area contributed by atoms with E-state index in [1.807, 2.05) is 6.07 Å². The molecule has 1 fully saturated rings. The predicted molar refractivity (Wildman–Crippen MR) is 130 cm³/mol. The van der Waals surface area contributed by atoms with Gasteiger partial charge in [0.25, 0.3) is 0 Å². The number of hydrogen-bond acceptors (Lipinski definition) is 3. The minimum absolute atomic E-state index is 0. The van der Waals surface area contributed by atoms with Crippen LogP contribution in [0.3, 0.4) is 0 Å². The molecule has 0 aliphatic carbocycles. The number of nitrogens with zero attached hydrogens (tertiary/aromatic N) is 2. The van der Waals surface area contributed by atoms with Crippen LogP contribution in [-0.4, -0.2) is 49.5 Å². The van der Waals surface area contributed by atoms with Crippen LogP contribution in [0.4, 0.5) is 10.1 Å². The molecule has 1 heterocycles. The Morgan fingerprint density at radius 2 is 1.97 bits per heavy atom. The highest BCUT2D eigenvalue weighted by atomic mass is 127. The van der Waals surface area contributed by atoms with Crippen molar-refractivity contribution in [3.05, 3.63) is 66.0 Å². The van der Waals surface area contributed by atoms with Crippen molar-refractivity contribution in [2.75, 3.05) is 32.0 Å². The van der Waals surface area contributed by atoms with E-state index in [0.717, 1.165) is 26.1 Å². The summed E-state index contributed by atoms with van der Waals surface area (Å²) >= 11 is 0. The number of amides is 1. The second kappa shape index (κ2) is 12.5. The molecule has 2 aromatic carbocycles. The number of benzene rings is 2. The predicted octanol–water partition coefficient (Wildman–Crippen LogP) is 3.21. The average Bonchev–Trinajstić information content (AvgIpc) is 3.16. The van der Waals surface area contributed by atoms with Crippen LogP contribution in [0, 0.1) is 5.82 Å². The first-order valence-electron chi connectivity index (χ1n) is 9.92. The van der Waals surface area contributed by atoms with Crippen molar-refractivity contribution < 1.29 is 9.18 Å². The van der Waals surface area contributed by atoms with Crippen LogP contribution in [0.25, 0.3) is 0 Å². The van der Waals surface area contributed by atoms with Crippen LogP contribution in [0.15, 0.2) is 59.6 Å². The number of guanidine groups is 1. The number of rotatable bonds is 7. The van der Waals surface area contributed by atoms with E-state index in [1.165, 1.54) is 24.1 Å². The van der Waals surface area contributed by atoms with E-state index in [4.69, 9.17) is 0 Å². The Bertz CT molecular complexity index is 833. The Labute approximate surface area is 194 Å². The van der Waals surface area contributed by atoms with Gasteiger partial charge in [0, 0.05) is 31.9 Å². The molecular weight excluding hydrogens is 496 g/mol. The molecule has 1 aliphatic rings. The number of aliphatic imine (C=N–C) groups is 1. The van der Waals surface area contributed by atoms with E-state index in [1.54, 1.807) is 19.2 Å². The zero-order valence-electron chi connectivity index (χ0n) is 17.1. The molecule has 3 rings (SSSR count). The van der Waals surface area contributed by atoms with Crippen LogP contribution >= 0.6 is 24.0 Å². The summed E-state index contributed by atoms with van der Waals surface area (Å²) in [7, 11) is 1.68. The molecule has 30 heavy (non-hydrogen) atoms. The van der Waals surface area contributed by atoms with Gasteiger partial charge in [0.05, 0.1) is 6.54 Å². The minimum atomic E-state index is -0.384. The van der Waals surface area contributed by atoms with Crippen molar-refractivity contribution in [3.8, 4) is 0 Å². The summed E-state index contributed by atoms with van der Waals surface area (Å²) in [6, 6.07) is 16.7. The number of anilines is 1. The molecule has 0 bridgehead atoms. The SMILES string of the molecule is CN=C(NCC(=O)Nc1cccc(F)c1)NCC1CCCN1Cc1ccccc1.I. The molecule has 0 radical (unpaired) electrons. The van der Waals surface area contributed by atoms with Crippen LogP contribution in [0.5, 0.6) is 0 Å². The molecule has 6 nitrogen and oxygen atoms in total. The lowest BCUT2D eigenvalue weighted by molar-refractivity contribution is -0.115. The number of nitrogens with one attached hydrogen (secondary N) is 3. The summed E-state index contributed by atoms with van der Waals surface area (Å²) in [6.45, 7) is 2.84. The molecule has 2 aromatic rings. The zero-order chi connectivity index (χ0) is 20.5. The van der Waals surface area contributed by atoms with Crippen molar-refractivity contribution in [1.82, 2.24) is 15.5 Å². The normalized spacial score (nSPS) is 16.6. The van der Waals surface area contributed by atoms with Gasteiger partial charge in [0.2, 0.25) is 5.91 Å². The molecule has 0 aromatic heterocycles. The maximum absolute atomic E-state index is 13.2. The number of halogens is 2. The van der Waals surface area contributed by atoms with Crippen molar-refractivity contribution >= 4 is 41.5 Å². The van der Waals surface area contributed by atoms with Crippen LogP contribution < -0.4 is 16.0 Å². The molecule has 0 spiro atoms. The summed E-state index contributed by atoms with van der Waals surface area (Å²) in [5.74, 6) is -0.0686. The molecule has 1 amide bonds. The van der Waals surface area contributed by atoms with Crippen molar-refractivity contribution in [2.45, 2.75) is 25.4 Å². The summed E-state index contributed by atoms with van der Waals surface area (Å²) in [4.78, 5) is 18.7. The first-order valence-corrected chi connectivity index (χ1v) is 9.92. The van der Waals surface area contributed by atoms with Crippen molar-refractivity contribution in [1.29, 1.82) is 0 Å².